The molecule has 0 aliphatic heterocycles. The van der Waals surface area contributed by atoms with Gasteiger partial charge in [0.1, 0.15) is 6.04 Å². The SMILES string of the molecule is NC(CCCCN(CC(=O)O)CC(=O)O)C(=O)O. The van der Waals surface area contributed by atoms with Crippen LogP contribution >= 0.6 is 0 Å². The van der Waals surface area contributed by atoms with Crippen molar-refractivity contribution in [2.75, 3.05) is 19.6 Å². The summed E-state index contributed by atoms with van der Waals surface area (Å²) in [5.74, 6) is -3.28. The number of hydrogen-bond donors (Lipinski definition) is 4. The van der Waals surface area contributed by atoms with Crippen molar-refractivity contribution >= 4 is 17.9 Å². The van der Waals surface area contributed by atoms with Crippen molar-refractivity contribution < 1.29 is 29.7 Å². The number of nitrogens with zero attached hydrogens (tertiary/aromatic N) is 1. The number of hydrogen-bond acceptors (Lipinski definition) is 5. The second-order valence-corrected chi connectivity index (χ2v) is 3.94. The summed E-state index contributed by atoms with van der Waals surface area (Å²) in [6.07, 6.45) is 1.29. The van der Waals surface area contributed by atoms with Gasteiger partial charge in [-0.1, -0.05) is 6.42 Å². The highest BCUT2D eigenvalue weighted by molar-refractivity contribution is 5.73. The van der Waals surface area contributed by atoms with Gasteiger partial charge in [0.25, 0.3) is 0 Å². The molecule has 0 bridgehead atoms. The Hall–Kier alpha value is -1.67. The predicted octanol–water partition coefficient (Wildman–Crippen LogP) is -0.960. The first-order valence-electron chi connectivity index (χ1n) is 5.47. The summed E-state index contributed by atoms with van der Waals surface area (Å²) in [6.45, 7) is -0.417. The van der Waals surface area contributed by atoms with E-state index in [2.05, 4.69) is 0 Å². The van der Waals surface area contributed by atoms with E-state index in [0.29, 0.717) is 12.8 Å². The van der Waals surface area contributed by atoms with E-state index in [9.17, 15) is 14.4 Å². The molecule has 0 aromatic heterocycles. The molecule has 104 valence electrons. The van der Waals surface area contributed by atoms with Crippen molar-refractivity contribution in [2.45, 2.75) is 25.3 Å². The first kappa shape index (κ1) is 16.3. The number of rotatable bonds is 10. The van der Waals surface area contributed by atoms with Gasteiger partial charge in [-0.25, -0.2) is 0 Å². The van der Waals surface area contributed by atoms with Gasteiger partial charge in [0, 0.05) is 0 Å². The minimum absolute atomic E-state index is 0.281. The fourth-order valence-electron chi connectivity index (χ4n) is 1.42. The molecule has 0 aliphatic rings. The van der Waals surface area contributed by atoms with Crippen LogP contribution in [-0.2, 0) is 14.4 Å². The van der Waals surface area contributed by atoms with E-state index in [1.54, 1.807) is 0 Å². The average molecular weight is 262 g/mol. The van der Waals surface area contributed by atoms with Crippen LogP contribution in [0, 0.1) is 0 Å². The fourth-order valence-corrected chi connectivity index (χ4v) is 1.42. The molecule has 1 atom stereocenters. The normalized spacial score (nSPS) is 12.3. The average Bonchev–Trinajstić information content (AvgIpc) is 2.21. The molecule has 8 heteroatoms. The van der Waals surface area contributed by atoms with Crippen LogP contribution in [0.3, 0.4) is 0 Å². The van der Waals surface area contributed by atoms with Gasteiger partial charge in [0.05, 0.1) is 13.1 Å². The molecule has 0 spiro atoms. The Kier molecular flexibility index (Phi) is 7.64. The highest BCUT2D eigenvalue weighted by Gasteiger charge is 2.14. The number of unbranched alkanes of at least 4 members (excludes halogenated alkanes) is 1. The summed E-state index contributed by atoms with van der Waals surface area (Å²) in [7, 11) is 0. The van der Waals surface area contributed by atoms with Crippen LogP contribution in [0.4, 0.5) is 0 Å². The van der Waals surface area contributed by atoms with Crippen molar-refractivity contribution in [3.63, 3.8) is 0 Å². The second kappa shape index (κ2) is 8.43. The third-order valence-electron chi connectivity index (χ3n) is 2.27. The lowest BCUT2D eigenvalue weighted by Crippen LogP contribution is -2.35. The third kappa shape index (κ3) is 8.48. The maximum absolute atomic E-state index is 10.5. The summed E-state index contributed by atoms with van der Waals surface area (Å²) in [4.78, 5) is 32.7. The van der Waals surface area contributed by atoms with E-state index >= 15 is 0 Å². The van der Waals surface area contributed by atoms with Gasteiger partial charge < -0.3 is 21.1 Å². The Labute approximate surface area is 104 Å². The predicted molar refractivity (Wildman–Crippen MR) is 61.2 cm³/mol. The Morgan fingerprint density at radius 2 is 1.50 bits per heavy atom. The van der Waals surface area contributed by atoms with Crippen LogP contribution in [0.2, 0.25) is 0 Å². The molecule has 0 aromatic carbocycles. The largest absolute Gasteiger partial charge is 0.480 e. The van der Waals surface area contributed by atoms with Crippen molar-refractivity contribution in [3.8, 4) is 0 Å². The van der Waals surface area contributed by atoms with Gasteiger partial charge in [0.2, 0.25) is 0 Å². The van der Waals surface area contributed by atoms with E-state index in [1.165, 1.54) is 4.90 Å². The number of nitrogens with two attached hydrogens (primary N) is 1. The van der Waals surface area contributed by atoms with E-state index in [0.717, 1.165) is 0 Å². The number of carbonyl (C=O) groups is 3. The topological polar surface area (TPSA) is 141 Å². The zero-order valence-corrected chi connectivity index (χ0v) is 9.91. The molecule has 0 fully saturated rings. The van der Waals surface area contributed by atoms with Gasteiger partial charge >= 0.3 is 17.9 Å². The van der Waals surface area contributed by atoms with Crippen LogP contribution in [0.5, 0.6) is 0 Å². The molecule has 0 saturated heterocycles. The highest BCUT2D eigenvalue weighted by Crippen LogP contribution is 2.02. The molecule has 0 saturated carbocycles. The lowest BCUT2D eigenvalue weighted by molar-refractivity contribution is -0.142. The van der Waals surface area contributed by atoms with E-state index in [1.807, 2.05) is 0 Å². The number of carboxylic acids is 3. The number of carboxylic acid groups (broad SMARTS) is 3. The number of aliphatic carboxylic acids is 3. The maximum atomic E-state index is 10.5. The smallest absolute Gasteiger partial charge is 0.320 e. The van der Waals surface area contributed by atoms with Crippen LogP contribution in [-0.4, -0.2) is 63.8 Å². The lowest BCUT2D eigenvalue weighted by Gasteiger charge is -2.17. The molecule has 8 nitrogen and oxygen atoms in total. The molecule has 0 heterocycles. The zero-order chi connectivity index (χ0) is 14.1. The Bertz CT molecular complexity index is 291. The van der Waals surface area contributed by atoms with Crippen LogP contribution in [0.25, 0.3) is 0 Å². The van der Waals surface area contributed by atoms with Gasteiger partial charge in [-0.2, -0.15) is 0 Å². The molecule has 18 heavy (non-hydrogen) atoms. The van der Waals surface area contributed by atoms with Gasteiger partial charge in [-0.3, -0.25) is 19.3 Å². The molecule has 0 rings (SSSR count). The quantitative estimate of drug-likeness (QED) is 0.369. The third-order valence-corrected chi connectivity index (χ3v) is 2.27. The molecule has 5 N–H and O–H groups in total. The summed E-state index contributed by atoms with van der Waals surface area (Å²) in [6, 6.07) is -0.933. The first-order valence-corrected chi connectivity index (χ1v) is 5.47. The molecular formula is C10H18N2O6. The summed E-state index contributed by atoms with van der Waals surface area (Å²) in [5, 5.41) is 25.7. The van der Waals surface area contributed by atoms with Crippen LogP contribution in [0.1, 0.15) is 19.3 Å². The minimum atomic E-state index is -1.10. The van der Waals surface area contributed by atoms with Crippen molar-refractivity contribution in [2.24, 2.45) is 5.73 Å². The van der Waals surface area contributed by atoms with Gasteiger partial charge in [-0.15, -0.1) is 0 Å². The van der Waals surface area contributed by atoms with E-state index in [4.69, 9.17) is 21.1 Å². The summed E-state index contributed by atoms with van der Waals surface area (Å²) in [5.41, 5.74) is 5.29. The van der Waals surface area contributed by atoms with Gasteiger partial charge in [0.15, 0.2) is 0 Å². The van der Waals surface area contributed by atoms with Crippen LogP contribution < -0.4 is 5.73 Å². The fraction of sp³-hybridized carbons (Fsp3) is 0.700. The molecule has 0 amide bonds. The minimum Gasteiger partial charge on any atom is -0.480 e. The second-order valence-electron chi connectivity index (χ2n) is 3.94. The Morgan fingerprint density at radius 1 is 1.00 bits per heavy atom. The molecule has 1 unspecified atom stereocenters. The van der Waals surface area contributed by atoms with Crippen LogP contribution in [0.15, 0.2) is 0 Å². The standard InChI is InChI=1S/C10H18N2O6/c11-7(10(17)18)3-1-2-4-12(5-8(13)14)6-9(15)16/h7H,1-6,11H2,(H,13,14)(H,15,16)(H,17,18). The van der Waals surface area contributed by atoms with Crippen molar-refractivity contribution in [3.05, 3.63) is 0 Å². The zero-order valence-electron chi connectivity index (χ0n) is 9.91. The molecule has 0 aliphatic carbocycles. The van der Waals surface area contributed by atoms with E-state index in [-0.39, 0.29) is 26.1 Å². The Balaban J connectivity index is 3.92. The maximum Gasteiger partial charge on any atom is 0.320 e. The van der Waals surface area contributed by atoms with Gasteiger partial charge in [-0.05, 0) is 19.4 Å². The molecule has 0 aromatic rings. The summed E-state index contributed by atoms with van der Waals surface area (Å²) >= 11 is 0. The van der Waals surface area contributed by atoms with E-state index < -0.39 is 23.9 Å². The molecular weight excluding hydrogens is 244 g/mol. The monoisotopic (exact) mass is 262 g/mol. The Morgan fingerprint density at radius 3 is 1.89 bits per heavy atom. The summed E-state index contributed by atoms with van der Waals surface area (Å²) < 4.78 is 0. The van der Waals surface area contributed by atoms with Crippen molar-refractivity contribution in [1.82, 2.24) is 4.90 Å². The first-order chi connectivity index (χ1) is 8.32. The van der Waals surface area contributed by atoms with Crippen molar-refractivity contribution in [1.29, 1.82) is 0 Å². The molecule has 0 radical (unpaired) electrons. The lowest BCUT2D eigenvalue weighted by atomic mass is 10.1. The highest BCUT2D eigenvalue weighted by atomic mass is 16.4.